The topological polar surface area (TPSA) is 76.3 Å². The molecule has 6 heteroatoms. The van der Waals surface area contributed by atoms with Crippen molar-refractivity contribution in [1.82, 2.24) is 9.29 Å². The van der Waals surface area contributed by atoms with Gasteiger partial charge in [0.15, 0.2) is 0 Å². The molecule has 112 valence electrons. The summed E-state index contributed by atoms with van der Waals surface area (Å²) in [4.78, 5) is 4.11. The zero-order chi connectivity index (χ0) is 14.8. The smallest absolute Gasteiger partial charge is 0.243 e. The maximum atomic E-state index is 12.8. The van der Waals surface area contributed by atoms with Crippen molar-refractivity contribution in [2.45, 2.75) is 50.5 Å². The van der Waals surface area contributed by atoms with Gasteiger partial charge >= 0.3 is 0 Å². The van der Waals surface area contributed by atoms with E-state index < -0.39 is 10.0 Å². The van der Waals surface area contributed by atoms with E-state index >= 15 is 0 Å². The molecule has 0 spiro atoms. The lowest BCUT2D eigenvalue weighted by Crippen LogP contribution is -2.41. The Bertz CT molecular complexity index is 551. The van der Waals surface area contributed by atoms with Crippen LogP contribution in [0, 0.1) is 5.92 Å². The van der Waals surface area contributed by atoms with E-state index in [-0.39, 0.29) is 16.8 Å². The maximum Gasteiger partial charge on any atom is 0.243 e. The van der Waals surface area contributed by atoms with Gasteiger partial charge in [-0.15, -0.1) is 0 Å². The molecule has 0 saturated heterocycles. The predicted molar refractivity (Wildman–Crippen MR) is 79.6 cm³/mol. The summed E-state index contributed by atoms with van der Waals surface area (Å²) in [5, 5.41) is 0. The Morgan fingerprint density at radius 1 is 1.40 bits per heavy atom. The number of aromatic nitrogens is 1. The maximum absolute atomic E-state index is 12.8. The molecule has 0 radical (unpaired) electrons. The number of nitrogens with zero attached hydrogens (tertiary/aromatic N) is 2. The molecule has 1 aliphatic rings. The Labute approximate surface area is 121 Å². The van der Waals surface area contributed by atoms with Crippen LogP contribution in [0.25, 0.3) is 0 Å². The van der Waals surface area contributed by atoms with Crippen LogP contribution >= 0.6 is 0 Å². The van der Waals surface area contributed by atoms with E-state index in [4.69, 9.17) is 5.73 Å². The molecule has 0 aromatic carbocycles. The molecule has 1 aromatic heterocycles. The normalized spacial score (nSPS) is 17.2. The number of nitrogens with two attached hydrogens (primary N) is 1. The predicted octanol–water partition coefficient (Wildman–Crippen LogP) is 2.25. The molecule has 0 aliphatic heterocycles. The summed E-state index contributed by atoms with van der Waals surface area (Å²) >= 11 is 0. The fourth-order valence-corrected chi connectivity index (χ4v) is 4.59. The van der Waals surface area contributed by atoms with Gasteiger partial charge in [0.05, 0.1) is 4.90 Å². The Morgan fingerprint density at radius 3 is 2.60 bits per heavy atom. The van der Waals surface area contributed by atoms with Crippen molar-refractivity contribution < 1.29 is 8.42 Å². The molecule has 0 amide bonds. The highest BCUT2D eigenvalue weighted by Gasteiger charge is 2.33. The first-order valence-electron chi connectivity index (χ1n) is 7.14. The summed E-state index contributed by atoms with van der Waals surface area (Å²) in [7, 11) is -3.49. The van der Waals surface area contributed by atoms with Crippen molar-refractivity contribution >= 4 is 15.8 Å². The minimum atomic E-state index is -3.49. The summed E-state index contributed by atoms with van der Waals surface area (Å²) < 4.78 is 27.4. The van der Waals surface area contributed by atoms with Gasteiger partial charge in [-0.2, -0.15) is 4.31 Å². The molecular weight excluding hydrogens is 274 g/mol. The number of nitrogen functional groups attached to an aromatic ring is 1. The third-order valence-electron chi connectivity index (χ3n) is 3.64. The quantitative estimate of drug-likeness (QED) is 0.904. The molecule has 2 N–H and O–H groups in total. The van der Waals surface area contributed by atoms with Crippen molar-refractivity contribution in [2.75, 3.05) is 12.3 Å². The molecule has 1 saturated carbocycles. The molecule has 0 bridgehead atoms. The van der Waals surface area contributed by atoms with Gasteiger partial charge in [0, 0.05) is 24.8 Å². The number of sulfonamides is 1. The van der Waals surface area contributed by atoms with Crippen molar-refractivity contribution in [3.63, 3.8) is 0 Å². The molecule has 2 rings (SSSR count). The zero-order valence-corrected chi connectivity index (χ0v) is 12.9. The molecule has 20 heavy (non-hydrogen) atoms. The van der Waals surface area contributed by atoms with Crippen molar-refractivity contribution in [3.05, 3.63) is 18.3 Å². The highest BCUT2D eigenvalue weighted by molar-refractivity contribution is 7.89. The van der Waals surface area contributed by atoms with Gasteiger partial charge in [0.25, 0.3) is 0 Å². The molecular formula is C14H23N3O2S. The Kier molecular flexibility index (Phi) is 4.65. The van der Waals surface area contributed by atoms with Crippen LogP contribution in [0.1, 0.15) is 39.5 Å². The first kappa shape index (κ1) is 15.3. The first-order valence-corrected chi connectivity index (χ1v) is 8.58. The number of hydrogen-bond donors (Lipinski definition) is 1. The van der Waals surface area contributed by atoms with Crippen LogP contribution in [0.2, 0.25) is 0 Å². The third-order valence-corrected chi connectivity index (χ3v) is 5.55. The van der Waals surface area contributed by atoms with Crippen LogP contribution in [-0.2, 0) is 10.0 Å². The molecule has 1 aliphatic carbocycles. The SMILES string of the molecule is CC(C)CN(C1CCCC1)S(=O)(=O)c1ccnc(N)c1. The lowest BCUT2D eigenvalue weighted by Gasteiger charge is -2.29. The van der Waals surface area contributed by atoms with Gasteiger partial charge in [-0.3, -0.25) is 0 Å². The second-order valence-electron chi connectivity index (χ2n) is 5.82. The summed E-state index contributed by atoms with van der Waals surface area (Å²) in [6.07, 6.45) is 5.56. The van der Waals surface area contributed by atoms with Crippen LogP contribution < -0.4 is 5.73 Å². The van der Waals surface area contributed by atoms with E-state index in [9.17, 15) is 8.42 Å². The second kappa shape index (κ2) is 6.10. The average Bonchev–Trinajstić information content (AvgIpc) is 2.89. The van der Waals surface area contributed by atoms with Crippen LogP contribution in [-0.4, -0.2) is 30.3 Å². The van der Waals surface area contributed by atoms with Crippen LogP contribution in [0.15, 0.2) is 23.2 Å². The average molecular weight is 297 g/mol. The van der Waals surface area contributed by atoms with Gasteiger partial charge in [0.2, 0.25) is 10.0 Å². The van der Waals surface area contributed by atoms with Gasteiger partial charge < -0.3 is 5.73 Å². The number of pyridine rings is 1. The Balaban J connectivity index is 2.35. The number of hydrogen-bond acceptors (Lipinski definition) is 4. The fourth-order valence-electron chi connectivity index (χ4n) is 2.72. The molecule has 1 heterocycles. The van der Waals surface area contributed by atoms with Crippen molar-refractivity contribution in [1.29, 1.82) is 0 Å². The van der Waals surface area contributed by atoms with E-state index in [0.717, 1.165) is 25.7 Å². The van der Waals surface area contributed by atoms with Crippen LogP contribution in [0.3, 0.4) is 0 Å². The van der Waals surface area contributed by atoms with Gasteiger partial charge in [0.1, 0.15) is 5.82 Å². The Hall–Kier alpha value is -1.14. The van der Waals surface area contributed by atoms with E-state index in [1.807, 2.05) is 13.8 Å². The van der Waals surface area contributed by atoms with E-state index in [1.54, 1.807) is 4.31 Å². The summed E-state index contributed by atoms with van der Waals surface area (Å²) in [6, 6.07) is 3.09. The first-order chi connectivity index (χ1) is 9.41. The largest absolute Gasteiger partial charge is 0.384 e. The van der Waals surface area contributed by atoms with Gasteiger partial charge in [-0.1, -0.05) is 26.7 Å². The minimum absolute atomic E-state index is 0.122. The summed E-state index contributed by atoms with van der Waals surface area (Å²) in [6.45, 7) is 4.63. The Morgan fingerprint density at radius 2 is 2.05 bits per heavy atom. The fraction of sp³-hybridized carbons (Fsp3) is 0.643. The van der Waals surface area contributed by atoms with Crippen molar-refractivity contribution in [2.24, 2.45) is 5.92 Å². The third kappa shape index (κ3) is 3.30. The minimum Gasteiger partial charge on any atom is -0.384 e. The molecule has 0 unspecified atom stereocenters. The summed E-state index contributed by atoms with van der Waals surface area (Å²) in [5.74, 6) is 0.534. The monoisotopic (exact) mass is 297 g/mol. The number of rotatable bonds is 5. The van der Waals surface area contributed by atoms with E-state index in [1.165, 1.54) is 18.3 Å². The number of anilines is 1. The highest BCUT2D eigenvalue weighted by atomic mass is 32.2. The highest BCUT2D eigenvalue weighted by Crippen LogP contribution is 2.29. The molecule has 1 fully saturated rings. The second-order valence-corrected chi connectivity index (χ2v) is 7.71. The van der Waals surface area contributed by atoms with E-state index in [0.29, 0.717) is 12.5 Å². The van der Waals surface area contributed by atoms with Gasteiger partial charge in [-0.05, 0) is 24.8 Å². The van der Waals surface area contributed by atoms with Crippen LogP contribution in [0.4, 0.5) is 5.82 Å². The lowest BCUT2D eigenvalue weighted by molar-refractivity contribution is 0.292. The molecule has 0 atom stereocenters. The standard InChI is InChI=1S/C14H23N3O2S/c1-11(2)10-17(12-5-3-4-6-12)20(18,19)13-7-8-16-14(15)9-13/h7-9,11-12H,3-6,10H2,1-2H3,(H2,15,16). The molecule has 5 nitrogen and oxygen atoms in total. The molecule has 1 aromatic rings. The van der Waals surface area contributed by atoms with Crippen molar-refractivity contribution in [3.8, 4) is 0 Å². The lowest BCUT2D eigenvalue weighted by atomic mass is 10.2. The summed E-state index contributed by atoms with van der Waals surface area (Å²) in [5.41, 5.74) is 5.62. The zero-order valence-electron chi connectivity index (χ0n) is 12.1. The van der Waals surface area contributed by atoms with Gasteiger partial charge in [-0.25, -0.2) is 13.4 Å². The van der Waals surface area contributed by atoms with Crippen LogP contribution in [0.5, 0.6) is 0 Å². The van der Waals surface area contributed by atoms with E-state index in [2.05, 4.69) is 4.98 Å².